The average molecular weight is 452 g/mol. The molecule has 0 saturated carbocycles. The molecule has 7 nitrogen and oxygen atoms in total. The normalized spacial score (nSPS) is 11.6. The number of amides is 2. The Morgan fingerprint density at radius 1 is 1.13 bits per heavy atom. The number of rotatable bonds is 9. The van der Waals surface area contributed by atoms with Crippen LogP contribution in [0.2, 0.25) is 10.0 Å². The number of nitro benzene ring substituents is 1. The van der Waals surface area contributed by atoms with Crippen LogP contribution in [0.5, 0.6) is 0 Å². The SMILES string of the molecule is CCNC(=O)[C@@H](CC)N(Cc1ccc(Cl)c(Cl)c1)C(=O)Cc1ccccc1[N+](=O)[O-]. The number of halogens is 2. The van der Waals surface area contributed by atoms with E-state index in [4.69, 9.17) is 23.2 Å². The highest BCUT2D eigenvalue weighted by Gasteiger charge is 2.29. The third kappa shape index (κ3) is 5.93. The number of nitro groups is 1. The molecule has 2 aromatic rings. The second-order valence-electron chi connectivity index (χ2n) is 6.65. The van der Waals surface area contributed by atoms with E-state index in [1.165, 1.54) is 11.0 Å². The van der Waals surface area contributed by atoms with Crippen molar-refractivity contribution < 1.29 is 14.5 Å². The lowest BCUT2D eigenvalue weighted by molar-refractivity contribution is -0.385. The minimum Gasteiger partial charge on any atom is -0.355 e. The second-order valence-corrected chi connectivity index (χ2v) is 7.47. The zero-order valence-corrected chi connectivity index (χ0v) is 18.2. The van der Waals surface area contributed by atoms with E-state index in [2.05, 4.69) is 5.32 Å². The summed E-state index contributed by atoms with van der Waals surface area (Å²) in [6, 6.07) is 10.3. The van der Waals surface area contributed by atoms with Gasteiger partial charge in [0.15, 0.2) is 0 Å². The first-order chi connectivity index (χ1) is 14.3. The van der Waals surface area contributed by atoms with E-state index in [0.717, 1.165) is 0 Å². The van der Waals surface area contributed by atoms with Gasteiger partial charge in [-0.05, 0) is 31.0 Å². The highest BCUT2D eigenvalue weighted by atomic mass is 35.5. The van der Waals surface area contributed by atoms with Crippen molar-refractivity contribution in [2.75, 3.05) is 6.54 Å². The Morgan fingerprint density at radius 3 is 2.43 bits per heavy atom. The van der Waals surface area contributed by atoms with Gasteiger partial charge >= 0.3 is 0 Å². The van der Waals surface area contributed by atoms with Crippen molar-refractivity contribution in [3.63, 3.8) is 0 Å². The van der Waals surface area contributed by atoms with Crippen LogP contribution in [0.15, 0.2) is 42.5 Å². The Morgan fingerprint density at radius 2 is 1.83 bits per heavy atom. The fraction of sp³-hybridized carbons (Fsp3) is 0.333. The van der Waals surface area contributed by atoms with Gasteiger partial charge in [0.1, 0.15) is 6.04 Å². The van der Waals surface area contributed by atoms with Crippen LogP contribution >= 0.6 is 23.2 Å². The zero-order valence-electron chi connectivity index (χ0n) is 16.7. The minimum atomic E-state index is -0.727. The third-order valence-corrected chi connectivity index (χ3v) is 5.34. The number of nitrogens with one attached hydrogen (secondary N) is 1. The fourth-order valence-corrected chi connectivity index (χ4v) is 3.47. The molecule has 160 valence electrons. The maximum absolute atomic E-state index is 13.2. The van der Waals surface area contributed by atoms with E-state index in [9.17, 15) is 19.7 Å². The molecular formula is C21H23Cl2N3O4. The number of benzene rings is 2. The van der Waals surface area contributed by atoms with Crippen molar-refractivity contribution in [2.24, 2.45) is 0 Å². The lowest BCUT2D eigenvalue weighted by Crippen LogP contribution is -2.49. The molecule has 0 unspecified atom stereocenters. The molecule has 0 aliphatic carbocycles. The smallest absolute Gasteiger partial charge is 0.273 e. The number of para-hydroxylation sites is 1. The first kappa shape index (κ1) is 23.6. The minimum absolute atomic E-state index is 0.117. The Kier molecular flexibility index (Phi) is 8.62. The molecule has 2 rings (SSSR count). The van der Waals surface area contributed by atoms with Gasteiger partial charge in [-0.1, -0.05) is 54.4 Å². The molecular weight excluding hydrogens is 429 g/mol. The molecule has 0 aromatic heterocycles. The number of likely N-dealkylation sites (N-methyl/N-ethyl adjacent to an activating group) is 1. The van der Waals surface area contributed by atoms with Crippen molar-refractivity contribution in [3.05, 3.63) is 73.8 Å². The van der Waals surface area contributed by atoms with Crippen LogP contribution in [0.4, 0.5) is 5.69 Å². The molecule has 1 atom stereocenters. The summed E-state index contributed by atoms with van der Waals surface area (Å²) in [4.78, 5) is 38.0. The second kappa shape index (κ2) is 10.9. The summed E-state index contributed by atoms with van der Waals surface area (Å²) in [7, 11) is 0. The Hall–Kier alpha value is -2.64. The van der Waals surface area contributed by atoms with Gasteiger partial charge in [-0.15, -0.1) is 0 Å². The molecule has 2 aromatic carbocycles. The van der Waals surface area contributed by atoms with Gasteiger partial charge < -0.3 is 10.2 Å². The van der Waals surface area contributed by atoms with Gasteiger partial charge in [0.2, 0.25) is 11.8 Å². The molecule has 2 amide bonds. The van der Waals surface area contributed by atoms with Crippen LogP contribution in [0.25, 0.3) is 0 Å². The summed E-state index contributed by atoms with van der Waals surface area (Å²) in [5, 5.41) is 14.8. The monoisotopic (exact) mass is 451 g/mol. The first-order valence-corrected chi connectivity index (χ1v) is 10.3. The van der Waals surface area contributed by atoms with Crippen LogP contribution in [0, 0.1) is 10.1 Å². The zero-order chi connectivity index (χ0) is 22.3. The van der Waals surface area contributed by atoms with Gasteiger partial charge in [0.05, 0.1) is 21.4 Å². The van der Waals surface area contributed by atoms with Crippen LogP contribution in [-0.2, 0) is 22.6 Å². The Bertz CT molecular complexity index is 936. The molecule has 1 N–H and O–H groups in total. The molecule has 0 aliphatic rings. The topological polar surface area (TPSA) is 92.6 Å². The number of nitrogens with zero attached hydrogens (tertiary/aromatic N) is 2. The average Bonchev–Trinajstić information content (AvgIpc) is 2.71. The van der Waals surface area contributed by atoms with E-state index in [-0.39, 0.29) is 30.1 Å². The molecule has 0 bridgehead atoms. The van der Waals surface area contributed by atoms with Gasteiger partial charge in [0.25, 0.3) is 5.69 Å². The number of hydrogen-bond donors (Lipinski definition) is 1. The molecule has 0 fully saturated rings. The fourth-order valence-electron chi connectivity index (χ4n) is 3.15. The van der Waals surface area contributed by atoms with Crippen LogP contribution < -0.4 is 5.32 Å². The van der Waals surface area contributed by atoms with E-state index in [0.29, 0.717) is 28.6 Å². The maximum atomic E-state index is 13.2. The number of hydrogen-bond acceptors (Lipinski definition) is 4. The molecule has 0 spiro atoms. The Labute approximate surface area is 185 Å². The predicted molar refractivity (Wildman–Crippen MR) is 117 cm³/mol. The molecule has 0 heterocycles. The van der Waals surface area contributed by atoms with Gasteiger partial charge in [-0.25, -0.2) is 0 Å². The highest BCUT2D eigenvalue weighted by Crippen LogP contribution is 2.25. The van der Waals surface area contributed by atoms with Crippen LogP contribution in [0.3, 0.4) is 0 Å². The van der Waals surface area contributed by atoms with Crippen molar-refractivity contribution >= 4 is 40.7 Å². The maximum Gasteiger partial charge on any atom is 0.273 e. The lowest BCUT2D eigenvalue weighted by atomic mass is 10.1. The molecule has 0 saturated heterocycles. The van der Waals surface area contributed by atoms with E-state index >= 15 is 0 Å². The summed E-state index contributed by atoms with van der Waals surface area (Å²) in [5.74, 6) is -0.676. The van der Waals surface area contributed by atoms with Crippen LogP contribution in [0.1, 0.15) is 31.4 Å². The quantitative estimate of drug-likeness (QED) is 0.451. The van der Waals surface area contributed by atoms with E-state index in [1.54, 1.807) is 50.2 Å². The molecule has 9 heteroatoms. The van der Waals surface area contributed by atoms with Gasteiger partial charge in [-0.3, -0.25) is 19.7 Å². The summed E-state index contributed by atoms with van der Waals surface area (Å²) >= 11 is 12.1. The number of carbonyl (C=O) groups excluding carboxylic acids is 2. The van der Waals surface area contributed by atoms with Gasteiger partial charge in [0, 0.05) is 24.7 Å². The number of carbonyl (C=O) groups is 2. The van der Waals surface area contributed by atoms with Crippen LogP contribution in [-0.4, -0.2) is 34.2 Å². The molecule has 0 aliphatic heterocycles. The predicted octanol–water partition coefficient (Wildman–Crippen LogP) is 4.39. The molecule has 30 heavy (non-hydrogen) atoms. The van der Waals surface area contributed by atoms with Crippen molar-refractivity contribution in [1.29, 1.82) is 0 Å². The van der Waals surface area contributed by atoms with E-state index < -0.39 is 16.9 Å². The molecule has 0 radical (unpaired) electrons. The van der Waals surface area contributed by atoms with Crippen molar-refractivity contribution in [3.8, 4) is 0 Å². The van der Waals surface area contributed by atoms with E-state index in [1.807, 2.05) is 0 Å². The van der Waals surface area contributed by atoms with Gasteiger partial charge in [-0.2, -0.15) is 0 Å². The summed E-state index contributed by atoms with van der Waals surface area (Å²) in [6.07, 6.45) is 0.185. The van der Waals surface area contributed by atoms with Crippen molar-refractivity contribution in [2.45, 2.75) is 39.3 Å². The first-order valence-electron chi connectivity index (χ1n) is 9.51. The third-order valence-electron chi connectivity index (χ3n) is 4.60. The Balaban J connectivity index is 2.38. The standard InChI is InChI=1S/C21H23Cl2N3O4/c1-3-18(21(28)24-4-2)25(13-14-9-10-16(22)17(23)11-14)20(27)12-15-7-5-6-8-19(15)26(29)30/h5-11,18H,3-4,12-13H2,1-2H3,(H,24,28)/t18-/m1/s1. The summed E-state index contributed by atoms with van der Waals surface area (Å²) < 4.78 is 0. The summed E-state index contributed by atoms with van der Waals surface area (Å²) in [5.41, 5.74) is 0.854. The summed E-state index contributed by atoms with van der Waals surface area (Å²) in [6.45, 7) is 4.14. The largest absolute Gasteiger partial charge is 0.355 e. The van der Waals surface area contributed by atoms with Crippen molar-refractivity contribution in [1.82, 2.24) is 10.2 Å². The highest BCUT2D eigenvalue weighted by molar-refractivity contribution is 6.42. The lowest BCUT2D eigenvalue weighted by Gasteiger charge is -2.30.